The van der Waals surface area contributed by atoms with Crippen molar-refractivity contribution in [3.05, 3.63) is 53.1 Å². The van der Waals surface area contributed by atoms with Crippen molar-refractivity contribution < 1.29 is 9.47 Å². The van der Waals surface area contributed by atoms with Crippen LogP contribution in [-0.4, -0.2) is 20.8 Å². The Bertz CT molecular complexity index is 742. The predicted molar refractivity (Wildman–Crippen MR) is 95.7 cm³/mol. The number of anilines is 1. The second-order valence-electron chi connectivity index (χ2n) is 6.72. The standard InChI is InChI=1S/C20H24N2O2/c1-23-17-10-15-16(11-18(17)24-2)20-14(4-3-9-22-20)19(15)12-5-7-13(21)8-6-12/h5-8,10-11,14,19-20,22H,3-4,9,21H2,1-2H3/t14-,19+,20-/m0/s1. The van der Waals surface area contributed by atoms with Crippen molar-refractivity contribution in [2.75, 3.05) is 26.5 Å². The summed E-state index contributed by atoms with van der Waals surface area (Å²) in [6.07, 6.45) is 2.45. The van der Waals surface area contributed by atoms with Gasteiger partial charge in [-0.1, -0.05) is 12.1 Å². The van der Waals surface area contributed by atoms with Crippen molar-refractivity contribution in [3.63, 3.8) is 0 Å². The van der Waals surface area contributed by atoms with E-state index in [-0.39, 0.29) is 0 Å². The normalized spacial score (nSPS) is 25.0. The van der Waals surface area contributed by atoms with Gasteiger partial charge in [-0.2, -0.15) is 0 Å². The molecule has 0 aromatic heterocycles. The second kappa shape index (κ2) is 6.02. The molecule has 4 rings (SSSR count). The number of hydrogen-bond donors (Lipinski definition) is 2. The zero-order chi connectivity index (χ0) is 16.7. The van der Waals surface area contributed by atoms with Crippen LogP contribution in [0.3, 0.4) is 0 Å². The lowest BCUT2D eigenvalue weighted by atomic mass is 9.80. The summed E-state index contributed by atoms with van der Waals surface area (Å²) in [5.74, 6) is 2.54. The van der Waals surface area contributed by atoms with E-state index < -0.39 is 0 Å². The molecule has 1 heterocycles. The fourth-order valence-electron chi connectivity index (χ4n) is 4.42. The molecule has 0 bridgehead atoms. The summed E-state index contributed by atoms with van der Waals surface area (Å²) in [6, 6.07) is 13.0. The first-order valence-corrected chi connectivity index (χ1v) is 8.57. The van der Waals surface area contributed by atoms with Gasteiger partial charge in [0, 0.05) is 17.6 Å². The Labute approximate surface area is 143 Å². The van der Waals surface area contributed by atoms with Crippen molar-refractivity contribution in [1.29, 1.82) is 0 Å². The first kappa shape index (κ1) is 15.3. The number of nitrogen functional groups attached to an aromatic ring is 1. The minimum absolute atomic E-state index is 0.373. The molecule has 0 unspecified atom stereocenters. The maximum Gasteiger partial charge on any atom is 0.161 e. The Hall–Kier alpha value is -2.20. The van der Waals surface area contributed by atoms with Crippen LogP contribution in [0.4, 0.5) is 5.69 Å². The quantitative estimate of drug-likeness (QED) is 0.849. The van der Waals surface area contributed by atoms with Gasteiger partial charge in [0.2, 0.25) is 0 Å². The Morgan fingerprint density at radius 1 is 1.00 bits per heavy atom. The van der Waals surface area contributed by atoms with Crippen molar-refractivity contribution in [2.45, 2.75) is 24.8 Å². The number of rotatable bonds is 3. The largest absolute Gasteiger partial charge is 0.493 e. The van der Waals surface area contributed by atoms with Gasteiger partial charge in [0.05, 0.1) is 14.2 Å². The van der Waals surface area contributed by atoms with Gasteiger partial charge < -0.3 is 20.5 Å². The third-order valence-corrected chi connectivity index (χ3v) is 5.49. The molecule has 4 nitrogen and oxygen atoms in total. The van der Waals surface area contributed by atoms with Gasteiger partial charge in [-0.05, 0) is 66.3 Å². The molecule has 1 saturated heterocycles. The van der Waals surface area contributed by atoms with Gasteiger partial charge in [-0.3, -0.25) is 0 Å². The lowest BCUT2D eigenvalue weighted by Crippen LogP contribution is -2.32. The van der Waals surface area contributed by atoms with Crippen molar-refractivity contribution >= 4 is 5.69 Å². The van der Waals surface area contributed by atoms with Crippen LogP contribution >= 0.6 is 0 Å². The fraction of sp³-hybridized carbons (Fsp3) is 0.400. The summed E-state index contributed by atoms with van der Waals surface area (Å²) in [6.45, 7) is 1.07. The molecule has 2 aromatic carbocycles. The molecule has 0 saturated carbocycles. The van der Waals surface area contributed by atoms with E-state index >= 15 is 0 Å². The monoisotopic (exact) mass is 324 g/mol. The number of nitrogens with two attached hydrogens (primary N) is 1. The van der Waals surface area contributed by atoms with Crippen LogP contribution in [0.1, 0.15) is 41.5 Å². The van der Waals surface area contributed by atoms with Crippen LogP contribution in [0.2, 0.25) is 0 Å². The van der Waals surface area contributed by atoms with Crippen molar-refractivity contribution in [3.8, 4) is 11.5 Å². The highest BCUT2D eigenvalue weighted by Crippen LogP contribution is 2.54. The summed E-state index contributed by atoms with van der Waals surface area (Å²) < 4.78 is 11.1. The van der Waals surface area contributed by atoms with E-state index in [1.54, 1.807) is 14.2 Å². The van der Waals surface area contributed by atoms with Crippen molar-refractivity contribution in [1.82, 2.24) is 5.32 Å². The molecule has 126 valence electrons. The molecule has 4 heteroatoms. The highest BCUT2D eigenvalue weighted by molar-refractivity contribution is 5.56. The molecule has 0 radical (unpaired) electrons. The lowest BCUT2D eigenvalue weighted by molar-refractivity contribution is 0.286. The molecule has 2 aliphatic rings. The molecule has 1 fully saturated rings. The molecule has 3 N–H and O–H groups in total. The van der Waals surface area contributed by atoms with Crippen molar-refractivity contribution in [2.24, 2.45) is 5.92 Å². The maximum absolute atomic E-state index is 5.89. The van der Waals surface area contributed by atoms with Gasteiger partial charge in [-0.15, -0.1) is 0 Å². The average Bonchev–Trinajstić information content (AvgIpc) is 2.94. The minimum atomic E-state index is 0.373. The Kier molecular flexibility index (Phi) is 3.85. The lowest BCUT2D eigenvalue weighted by Gasteiger charge is -2.31. The fourth-order valence-corrected chi connectivity index (χ4v) is 4.42. The highest BCUT2D eigenvalue weighted by Gasteiger charge is 2.43. The van der Waals surface area contributed by atoms with E-state index in [0.717, 1.165) is 23.7 Å². The zero-order valence-corrected chi connectivity index (χ0v) is 14.2. The third-order valence-electron chi connectivity index (χ3n) is 5.49. The number of benzene rings is 2. The van der Waals surface area contributed by atoms with Gasteiger partial charge in [0.25, 0.3) is 0 Å². The summed E-state index contributed by atoms with van der Waals surface area (Å²) in [5.41, 5.74) is 10.7. The molecule has 3 atom stereocenters. The van der Waals surface area contributed by atoms with Gasteiger partial charge in [0.1, 0.15) is 0 Å². The number of piperidine rings is 1. The van der Waals surface area contributed by atoms with E-state index in [1.807, 2.05) is 12.1 Å². The van der Waals surface area contributed by atoms with Gasteiger partial charge in [-0.25, -0.2) is 0 Å². The average molecular weight is 324 g/mol. The van der Waals surface area contributed by atoms with Crippen LogP contribution in [-0.2, 0) is 0 Å². The summed E-state index contributed by atoms with van der Waals surface area (Å²) >= 11 is 0. The molecule has 0 amide bonds. The van der Waals surface area contributed by atoms with E-state index in [4.69, 9.17) is 15.2 Å². The highest BCUT2D eigenvalue weighted by atomic mass is 16.5. The summed E-state index contributed by atoms with van der Waals surface area (Å²) in [4.78, 5) is 0. The molecule has 2 aromatic rings. The van der Waals surface area contributed by atoms with E-state index in [2.05, 4.69) is 29.6 Å². The van der Waals surface area contributed by atoms with Crippen LogP contribution in [0.15, 0.2) is 36.4 Å². The molecular weight excluding hydrogens is 300 g/mol. The third kappa shape index (κ3) is 2.33. The molecular formula is C20H24N2O2. The van der Waals surface area contributed by atoms with Crippen LogP contribution in [0, 0.1) is 5.92 Å². The Morgan fingerprint density at radius 2 is 1.67 bits per heavy atom. The van der Waals surface area contributed by atoms with Gasteiger partial charge in [0.15, 0.2) is 11.5 Å². The zero-order valence-electron chi connectivity index (χ0n) is 14.2. The molecule has 0 spiro atoms. The smallest absolute Gasteiger partial charge is 0.161 e. The summed E-state index contributed by atoms with van der Waals surface area (Å²) in [5, 5.41) is 3.72. The minimum Gasteiger partial charge on any atom is -0.493 e. The number of methoxy groups -OCH3 is 2. The molecule has 1 aliphatic heterocycles. The Morgan fingerprint density at radius 3 is 2.33 bits per heavy atom. The molecule has 1 aliphatic carbocycles. The number of fused-ring (bicyclic) bond motifs is 3. The number of hydrogen-bond acceptors (Lipinski definition) is 4. The van der Waals surface area contributed by atoms with Crippen LogP contribution in [0.5, 0.6) is 11.5 Å². The SMILES string of the molecule is COc1cc2c(cc1OC)[C@H]1NCCC[C@H]1[C@H]2c1ccc(N)cc1. The summed E-state index contributed by atoms with van der Waals surface area (Å²) in [7, 11) is 3.39. The molecule has 24 heavy (non-hydrogen) atoms. The van der Waals surface area contributed by atoms with Gasteiger partial charge >= 0.3 is 0 Å². The van der Waals surface area contributed by atoms with Crippen LogP contribution < -0.4 is 20.5 Å². The van der Waals surface area contributed by atoms with E-state index in [1.165, 1.54) is 29.5 Å². The maximum atomic E-state index is 5.89. The first-order valence-electron chi connectivity index (χ1n) is 8.57. The van der Waals surface area contributed by atoms with E-state index in [0.29, 0.717) is 17.9 Å². The van der Waals surface area contributed by atoms with Crippen LogP contribution in [0.25, 0.3) is 0 Å². The Balaban J connectivity index is 1.86. The first-order chi connectivity index (χ1) is 11.7. The topological polar surface area (TPSA) is 56.5 Å². The predicted octanol–water partition coefficient (Wildman–Crippen LogP) is 3.47. The number of nitrogens with one attached hydrogen (secondary N) is 1. The number of ether oxygens (including phenoxy) is 2. The van der Waals surface area contributed by atoms with E-state index in [9.17, 15) is 0 Å². The second-order valence-corrected chi connectivity index (χ2v) is 6.72.